The lowest BCUT2D eigenvalue weighted by molar-refractivity contribution is -0.121. The molecule has 4 atom stereocenters. The van der Waals surface area contributed by atoms with E-state index >= 15 is 0 Å². The number of carbonyl (C=O) groups excluding carboxylic acids is 2. The quantitative estimate of drug-likeness (QED) is 0.865. The van der Waals surface area contributed by atoms with Gasteiger partial charge in [-0.15, -0.1) is 0 Å². The number of nitrogens with zero attached hydrogens (tertiary/aromatic N) is 1. The minimum atomic E-state index is -0.0823. The molecule has 2 saturated carbocycles. The third-order valence-electron chi connectivity index (χ3n) is 6.82. The van der Waals surface area contributed by atoms with Gasteiger partial charge >= 0.3 is 0 Å². The van der Waals surface area contributed by atoms with Crippen molar-refractivity contribution in [1.82, 2.24) is 0 Å². The number of hydrogen-bond donors (Lipinski definition) is 2. The molecule has 2 aromatic carbocycles. The predicted molar refractivity (Wildman–Crippen MR) is 109 cm³/mol. The summed E-state index contributed by atoms with van der Waals surface area (Å²) in [7, 11) is 0. The van der Waals surface area contributed by atoms with Crippen molar-refractivity contribution >= 4 is 23.2 Å². The summed E-state index contributed by atoms with van der Waals surface area (Å²) in [5.41, 5.74) is 9.84. The number of rotatable bonds is 3. The smallest absolute Gasteiger partial charge is 0.258 e. The fourth-order valence-corrected chi connectivity index (χ4v) is 5.35. The molecule has 28 heavy (non-hydrogen) atoms. The Labute approximate surface area is 164 Å². The fourth-order valence-electron chi connectivity index (χ4n) is 5.35. The summed E-state index contributed by atoms with van der Waals surface area (Å²) in [6.45, 7) is 0.707. The molecule has 3 N–H and O–H groups in total. The van der Waals surface area contributed by atoms with E-state index in [9.17, 15) is 9.59 Å². The van der Waals surface area contributed by atoms with Crippen molar-refractivity contribution in [2.45, 2.75) is 31.7 Å². The molecule has 5 rings (SSSR count). The van der Waals surface area contributed by atoms with Crippen LogP contribution >= 0.6 is 0 Å². The second-order valence-corrected chi connectivity index (χ2v) is 8.34. The van der Waals surface area contributed by atoms with Crippen LogP contribution in [0.4, 0.5) is 11.4 Å². The highest BCUT2D eigenvalue weighted by Gasteiger charge is 2.49. The Morgan fingerprint density at radius 3 is 2.50 bits per heavy atom. The van der Waals surface area contributed by atoms with Crippen LogP contribution in [0.5, 0.6) is 0 Å². The van der Waals surface area contributed by atoms with Crippen molar-refractivity contribution in [2.75, 3.05) is 16.8 Å². The molecule has 4 unspecified atom stereocenters. The molecule has 2 amide bonds. The van der Waals surface area contributed by atoms with E-state index in [1.165, 1.54) is 5.56 Å². The van der Waals surface area contributed by atoms with Crippen molar-refractivity contribution in [3.8, 4) is 0 Å². The van der Waals surface area contributed by atoms with Gasteiger partial charge in [-0.1, -0.05) is 18.2 Å². The molecule has 1 heterocycles. The number of amides is 2. The summed E-state index contributed by atoms with van der Waals surface area (Å²) < 4.78 is 0. The molecule has 0 saturated heterocycles. The molecular formula is C23H25N3O2. The Hall–Kier alpha value is -2.66. The zero-order valence-electron chi connectivity index (χ0n) is 15.8. The summed E-state index contributed by atoms with van der Waals surface area (Å²) in [6.07, 6.45) is 4.25. The van der Waals surface area contributed by atoms with Crippen LogP contribution in [0.2, 0.25) is 0 Å². The number of benzene rings is 2. The Balaban J connectivity index is 1.27. The van der Waals surface area contributed by atoms with Gasteiger partial charge in [0.2, 0.25) is 5.91 Å². The van der Waals surface area contributed by atoms with Crippen LogP contribution in [0.15, 0.2) is 48.5 Å². The lowest BCUT2D eigenvalue weighted by atomic mass is 9.84. The molecule has 2 bridgehead atoms. The largest absolute Gasteiger partial charge is 0.327 e. The zero-order chi connectivity index (χ0) is 19.3. The fraction of sp³-hybridized carbons (Fsp3) is 0.391. The highest BCUT2D eigenvalue weighted by molar-refractivity contribution is 6.07. The summed E-state index contributed by atoms with van der Waals surface area (Å²) in [4.78, 5) is 27.4. The SMILES string of the molecule is NC1C2CCC(C2)C1C(=O)Nc1ccc(C(=O)N2CCc3ccccc32)cc1. The van der Waals surface area contributed by atoms with Crippen molar-refractivity contribution in [2.24, 2.45) is 23.5 Å². The first kappa shape index (κ1) is 17.4. The third-order valence-corrected chi connectivity index (χ3v) is 6.82. The van der Waals surface area contributed by atoms with E-state index in [0.29, 0.717) is 23.9 Å². The summed E-state index contributed by atoms with van der Waals surface area (Å²) >= 11 is 0. The Morgan fingerprint density at radius 1 is 1.00 bits per heavy atom. The first-order chi connectivity index (χ1) is 13.6. The molecule has 0 spiro atoms. The lowest BCUT2D eigenvalue weighted by Gasteiger charge is -2.27. The van der Waals surface area contributed by atoms with Gasteiger partial charge in [0.05, 0.1) is 5.92 Å². The van der Waals surface area contributed by atoms with Gasteiger partial charge in [-0.25, -0.2) is 0 Å². The second kappa shape index (κ2) is 6.74. The van der Waals surface area contributed by atoms with Crippen molar-refractivity contribution in [3.63, 3.8) is 0 Å². The summed E-state index contributed by atoms with van der Waals surface area (Å²) in [6, 6.07) is 15.2. The molecule has 2 fully saturated rings. The van der Waals surface area contributed by atoms with Gasteiger partial charge in [0.15, 0.2) is 0 Å². The van der Waals surface area contributed by atoms with Gasteiger partial charge in [-0.3, -0.25) is 9.59 Å². The Morgan fingerprint density at radius 2 is 1.75 bits per heavy atom. The van der Waals surface area contributed by atoms with E-state index in [1.807, 2.05) is 35.2 Å². The monoisotopic (exact) mass is 375 g/mol. The van der Waals surface area contributed by atoms with E-state index in [0.717, 1.165) is 37.1 Å². The summed E-state index contributed by atoms with van der Waals surface area (Å²) in [5.74, 6) is 0.867. The first-order valence-electron chi connectivity index (χ1n) is 10.2. The van der Waals surface area contributed by atoms with E-state index in [1.54, 1.807) is 12.1 Å². The van der Waals surface area contributed by atoms with Gasteiger partial charge in [-0.2, -0.15) is 0 Å². The molecule has 2 aromatic rings. The van der Waals surface area contributed by atoms with Crippen LogP contribution in [0.3, 0.4) is 0 Å². The number of para-hydroxylation sites is 1. The number of fused-ring (bicyclic) bond motifs is 3. The maximum atomic E-state index is 12.9. The number of carbonyl (C=O) groups is 2. The van der Waals surface area contributed by atoms with Crippen molar-refractivity contribution in [1.29, 1.82) is 0 Å². The third kappa shape index (κ3) is 2.81. The van der Waals surface area contributed by atoms with E-state index in [-0.39, 0.29) is 23.8 Å². The zero-order valence-corrected chi connectivity index (χ0v) is 15.8. The van der Waals surface area contributed by atoms with Gasteiger partial charge in [0, 0.05) is 29.5 Å². The van der Waals surface area contributed by atoms with E-state index in [4.69, 9.17) is 5.73 Å². The molecule has 5 heteroatoms. The molecule has 144 valence electrons. The maximum absolute atomic E-state index is 12.9. The molecule has 1 aliphatic heterocycles. The van der Waals surface area contributed by atoms with Gasteiger partial charge in [-0.05, 0) is 73.4 Å². The maximum Gasteiger partial charge on any atom is 0.258 e. The van der Waals surface area contributed by atoms with Gasteiger partial charge < -0.3 is 16.0 Å². The normalized spacial score (nSPS) is 27.7. The van der Waals surface area contributed by atoms with E-state index < -0.39 is 0 Å². The number of anilines is 2. The van der Waals surface area contributed by atoms with E-state index in [2.05, 4.69) is 11.4 Å². The molecule has 0 radical (unpaired) electrons. The molecule has 0 aromatic heterocycles. The highest BCUT2D eigenvalue weighted by atomic mass is 16.2. The molecule has 3 aliphatic rings. The van der Waals surface area contributed by atoms with Crippen LogP contribution in [0.25, 0.3) is 0 Å². The average molecular weight is 375 g/mol. The minimum Gasteiger partial charge on any atom is -0.327 e. The Bertz CT molecular complexity index is 922. The number of nitrogens with one attached hydrogen (secondary N) is 1. The number of hydrogen-bond acceptors (Lipinski definition) is 3. The molecule has 2 aliphatic carbocycles. The second-order valence-electron chi connectivity index (χ2n) is 8.34. The van der Waals surface area contributed by atoms with Crippen LogP contribution < -0.4 is 16.0 Å². The molecule has 5 nitrogen and oxygen atoms in total. The van der Waals surface area contributed by atoms with Crippen LogP contribution in [-0.4, -0.2) is 24.4 Å². The van der Waals surface area contributed by atoms with Gasteiger partial charge in [0.25, 0.3) is 5.91 Å². The Kier molecular flexibility index (Phi) is 4.20. The first-order valence-corrected chi connectivity index (χ1v) is 10.2. The minimum absolute atomic E-state index is 0.00190. The predicted octanol–water partition coefficient (Wildman–Crippen LogP) is 3.20. The van der Waals surface area contributed by atoms with Crippen molar-refractivity contribution in [3.05, 3.63) is 59.7 Å². The lowest BCUT2D eigenvalue weighted by Crippen LogP contribution is -2.42. The highest BCUT2D eigenvalue weighted by Crippen LogP contribution is 2.47. The summed E-state index contributed by atoms with van der Waals surface area (Å²) in [5, 5.41) is 3.01. The van der Waals surface area contributed by atoms with Crippen LogP contribution in [-0.2, 0) is 11.2 Å². The number of nitrogens with two attached hydrogens (primary N) is 1. The average Bonchev–Trinajstić information content (AvgIpc) is 3.42. The van der Waals surface area contributed by atoms with Crippen LogP contribution in [0, 0.1) is 17.8 Å². The van der Waals surface area contributed by atoms with Crippen LogP contribution in [0.1, 0.15) is 35.2 Å². The van der Waals surface area contributed by atoms with Gasteiger partial charge in [0.1, 0.15) is 0 Å². The standard InChI is InChI=1S/C23H25N3O2/c24-21-17-6-5-16(13-17)20(21)22(27)25-18-9-7-15(8-10-18)23(28)26-12-11-14-3-1-2-4-19(14)26/h1-4,7-10,16-17,20-21H,5-6,11-13,24H2,(H,25,27). The topological polar surface area (TPSA) is 75.4 Å². The molecular weight excluding hydrogens is 350 g/mol. The van der Waals surface area contributed by atoms with Crippen molar-refractivity contribution < 1.29 is 9.59 Å².